The fourth-order valence-corrected chi connectivity index (χ4v) is 1.32. The molecule has 0 saturated heterocycles. The number of anilines is 1. The molecular weight excluding hydrogens is 238 g/mol. The van der Waals surface area contributed by atoms with Gasteiger partial charge in [0.15, 0.2) is 0 Å². The summed E-state index contributed by atoms with van der Waals surface area (Å²) in [4.78, 5) is 21.9. The SMILES string of the molecule is COCC(Oc1ccccc1NC(C)=O)C(=O)O. The minimum Gasteiger partial charge on any atom is -0.478 e. The number of ether oxygens (including phenoxy) is 2. The fraction of sp³-hybridized carbons (Fsp3) is 0.333. The summed E-state index contributed by atoms with van der Waals surface area (Å²) in [5.41, 5.74) is 0.423. The molecule has 1 amide bonds. The zero-order valence-electron chi connectivity index (χ0n) is 10.2. The van der Waals surface area contributed by atoms with Crippen LogP contribution in [0.5, 0.6) is 5.75 Å². The third kappa shape index (κ3) is 4.06. The number of methoxy groups -OCH3 is 1. The van der Waals surface area contributed by atoms with Crippen molar-refractivity contribution in [2.75, 3.05) is 19.0 Å². The molecule has 18 heavy (non-hydrogen) atoms. The van der Waals surface area contributed by atoms with Crippen LogP contribution >= 0.6 is 0 Å². The maximum atomic E-state index is 11.0. The van der Waals surface area contributed by atoms with Crippen LogP contribution < -0.4 is 10.1 Å². The van der Waals surface area contributed by atoms with Crippen LogP contribution in [0.1, 0.15) is 6.92 Å². The Kier molecular flexibility index (Phi) is 5.13. The number of hydrogen-bond donors (Lipinski definition) is 2. The lowest BCUT2D eigenvalue weighted by Crippen LogP contribution is -2.31. The normalized spacial score (nSPS) is 11.7. The molecule has 0 heterocycles. The van der Waals surface area contributed by atoms with Gasteiger partial charge in [-0.15, -0.1) is 0 Å². The molecule has 0 aliphatic carbocycles. The van der Waals surface area contributed by atoms with Crippen LogP contribution in [0.4, 0.5) is 5.69 Å². The average molecular weight is 253 g/mol. The van der Waals surface area contributed by atoms with Gasteiger partial charge in [0.25, 0.3) is 0 Å². The number of nitrogens with one attached hydrogen (secondary N) is 1. The highest BCUT2D eigenvalue weighted by Crippen LogP contribution is 2.24. The molecule has 0 spiro atoms. The fourth-order valence-electron chi connectivity index (χ4n) is 1.32. The number of rotatable bonds is 6. The lowest BCUT2D eigenvalue weighted by atomic mass is 10.2. The molecule has 1 aromatic rings. The van der Waals surface area contributed by atoms with E-state index in [1.54, 1.807) is 24.3 Å². The molecule has 0 saturated carbocycles. The van der Waals surface area contributed by atoms with Crippen LogP contribution in [0, 0.1) is 0 Å². The van der Waals surface area contributed by atoms with Crippen molar-refractivity contribution in [1.82, 2.24) is 0 Å². The van der Waals surface area contributed by atoms with E-state index in [2.05, 4.69) is 5.32 Å². The molecular formula is C12H15NO5. The van der Waals surface area contributed by atoms with Crippen LogP contribution in [-0.2, 0) is 14.3 Å². The van der Waals surface area contributed by atoms with Crippen molar-refractivity contribution < 1.29 is 24.2 Å². The Labute approximate surface area is 105 Å². The first-order valence-corrected chi connectivity index (χ1v) is 5.29. The highest BCUT2D eigenvalue weighted by molar-refractivity contribution is 5.90. The Morgan fingerprint density at radius 3 is 2.61 bits per heavy atom. The molecule has 0 aliphatic rings. The van der Waals surface area contributed by atoms with Gasteiger partial charge in [-0.25, -0.2) is 4.79 Å². The van der Waals surface area contributed by atoms with Gasteiger partial charge in [-0.1, -0.05) is 12.1 Å². The monoisotopic (exact) mass is 253 g/mol. The van der Waals surface area contributed by atoms with Gasteiger partial charge in [0.2, 0.25) is 12.0 Å². The molecule has 1 rings (SSSR count). The second-order valence-electron chi connectivity index (χ2n) is 3.58. The van der Waals surface area contributed by atoms with Crippen LogP contribution in [-0.4, -0.2) is 36.8 Å². The van der Waals surface area contributed by atoms with Gasteiger partial charge in [0, 0.05) is 14.0 Å². The van der Waals surface area contributed by atoms with Crippen molar-refractivity contribution in [2.24, 2.45) is 0 Å². The Bertz CT molecular complexity index is 432. The maximum absolute atomic E-state index is 11.0. The van der Waals surface area contributed by atoms with Crippen LogP contribution in [0.3, 0.4) is 0 Å². The zero-order chi connectivity index (χ0) is 13.5. The highest BCUT2D eigenvalue weighted by atomic mass is 16.5. The van der Waals surface area contributed by atoms with Crippen molar-refractivity contribution in [1.29, 1.82) is 0 Å². The van der Waals surface area contributed by atoms with E-state index in [1.807, 2.05) is 0 Å². The minimum absolute atomic E-state index is 0.0796. The summed E-state index contributed by atoms with van der Waals surface area (Å²) < 4.78 is 10.1. The molecule has 0 fully saturated rings. The zero-order valence-corrected chi connectivity index (χ0v) is 10.2. The second-order valence-corrected chi connectivity index (χ2v) is 3.58. The molecule has 0 aromatic heterocycles. The lowest BCUT2D eigenvalue weighted by Gasteiger charge is -2.16. The number of carbonyl (C=O) groups excluding carboxylic acids is 1. The number of benzene rings is 1. The smallest absolute Gasteiger partial charge is 0.347 e. The van der Waals surface area contributed by atoms with E-state index in [9.17, 15) is 9.59 Å². The van der Waals surface area contributed by atoms with E-state index >= 15 is 0 Å². The molecule has 6 nitrogen and oxygen atoms in total. The summed E-state index contributed by atoms with van der Waals surface area (Å²) in [6, 6.07) is 6.61. The van der Waals surface area contributed by atoms with E-state index in [1.165, 1.54) is 14.0 Å². The van der Waals surface area contributed by atoms with Gasteiger partial charge in [0.05, 0.1) is 12.3 Å². The second kappa shape index (κ2) is 6.61. The van der Waals surface area contributed by atoms with Crippen molar-refractivity contribution in [3.05, 3.63) is 24.3 Å². The third-order valence-corrected chi connectivity index (χ3v) is 2.06. The first-order valence-electron chi connectivity index (χ1n) is 5.29. The number of amides is 1. The Hall–Kier alpha value is -2.08. The van der Waals surface area contributed by atoms with Gasteiger partial charge >= 0.3 is 5.97 Å². The predicted octanol–water partition coefficient (Wildman–Crippen LogP) is 1.12. The quantitative estimate of drug-likeness (QED) is 0.793. The molecule has 1 atom stereocenters. The number of carboxylic acid groups (broad SMARTS) is 1. The average Bonchev–Trinajstić information content (AvgIpc) is 2.30. The summed E-state index contributed by atoms with van der Waals surface area (Å²) in [6.45, 7) is 1.28. The van der Waals surface area contributed by atoms with Crippen molar-refractivity contribution in [2.45, 2.75) is 13.0 Å². The summed E-state index contributed by atoms with van der Waals surface area (Å²) in [5, 5.41) is 11.5. The van der Waals surface area contributed by atoms with Gasteiger partial charge in [-0.2, -0.15) is 0 Å². The van der Waals surface area contributed by atoms with Gasteiger partial charge in [-0.3, -0.25) is 4.79 Å². The molecule has 1 aromatic carbocycles. The van der Waals surface area contributed by atoms with E-state index in [4.69, 9.17) is 14.6 Å². The highest BCUT2D eigenvalue weighted by Gasteiger charge is 2.20. The topological polar surface area (TPSA) is 84.9 Å². The van der Waals surface area contributed by atoms with Crippen molar-refractivity contribution >= 4 is 17.6 Å². The molecule has 6 heteroatoms. The molecule has 0 bridgehead atoms. The number of hydrogen-bond acceptors (Lipinski definition) is 4. The minimum atomic E-state index is -1.13. The van der Waals surface area contributed by atoms with E-state index in [-0.39, 0.29) is 18.3 Å². The molecule has 2 N–H and O–H groups in total. The Balaban J connectivity index is 2.87. The summed E-state index contributed by atoms with van der Waals surface area (Å²) in [6.07, 6.45) is -1.12. The van der Waals surface area contributed by atoms with Gasteiger partial charge in [-0.05, 0) is 12.1 Å². The molecule has 0 aliphatic heterocycles. The molecule has 0 radical (unpaired) electrons. The van der Waals surface area contributed by atoms with Crippen LogP contribution in [0.2, 0.25) is 0 Å². The standard InChI is InChI=1S/C12H15NO5/c1-8(14)13-9-5-3-4-6-10(9)18-11(7-17-2)12(15)16/h3-6,11H,7H2,1-2H3,(H,13,14)(H,15,16). The number of para-hydroxylation sites is 2. The summed E-state index contributed by atoms with van der Waals surface area (Å²) >= 11 is 0. The summed E-state index contributed by atoms with van der Waals surface area (Å²) in [7, 11) is 1.39. The number of carboxylic acids is 1. The van der Waals surface area contributed by atoms with E-state index in [0.717, 1.165) is 0 Å². The predicted molar refractivity (Wildman–Crippen MR) is 64.7 cm³/mol. The first kappa shape index (κ1) is 14.0. The third-order valence-electron chi connectivity index (χ3n) is 2.06. The van der Waals surface area contributed by atoms with E-state index in [0.29, 0.717) is 5.69 Å². The van der Waals surface area contributed by atoms with Gasteiger partial charge in [0.1, 0.15) is 5.75 Å². The molecule has 98 valence electrons. The lowest BCUT2D eigenvalue weighted by molar-refractivity contribution is -0.147. The van der Waals surface area contributed by atoms with Crippen LogP contribution in [0.25, 0.3) is 0 Å². The van der Waals surface area contributed by atoms with Crippen molar-refractivity contribution in [3.8, 4) is 5.75 Å². The van der Waals surface area contributed by atoms with Crippen LogP contribution in [0.15, 0.2) is 24.3 Å². The van der Waals surface area contributed by atoms with Crippen molar-refractivity contribution in [3.63, 3.8) is 0 Å². The Morgan fingerprint density at radius 1 is 1.39 bits per heavy atom. The largest absolute Gasteiger partial charge is 0.478 e. The number of aliphatic carboxylic acids is 1. The summed E-state index contributed by atoms with van der Waals surface area (Å²) in [5.74, 6) is -1.10. The van der Waals surface area contributed by atoms with Gasteiger partial charge < -0.3 is 19.9 Å². The molecule has 1 unspecified atom stereocenters. The number of carbonyl (C=O) groups is 2. The maximum Gasteiger partial charge on any atom is 0.347 e. The first-order chi connectivity index (χ1) is 8.54. The Morgan fingerprint density at radius 2 is 2.06 bits per heavy atom. The van der Waals surface area contributed by atoms with E-state index < -0.39 is 12.1 Å².